The van der Waals surface area contributed by atoms with Crippen molar-refractivity contribution in [2.75, 3.05) is 5.75 Å². The fourth-order valence-corrected chi connectivity index (χ4v) is 2.34. The summed E-state index contributed by atoms with van der Waals surface area (Å²) in [6.45, 7) is 0. The molecule has 14 heavy (non-hydrogen) atoms. The number of hydrogen-bond donors (Lipinski definition) is 1. The molecule has 0 aromatic rings. The van der Waals surface area contributed by atoms with Gasteiger partial charge < -0.3 is 0 Å². The van der Waals surface area contributed by atoms with Gasteiger partial charge >= 0.3 is 0 Å². The highest BCUT2D eigenvalue weighted by atomic mass is 32.2. The van der Waals surface area contributed by atoms with Crippen LogP contribution >= 0.6 is 0 Å². The summed E-state index contributed by atoms with van der Waals surface area (Å²) in [4.78, 5) is 0. The third-order valence-electron chi connectivity index (χ3n) is 2.54. The van der Waals surface area contributed by atoms with Crippen molar-refractivity contribution in [2.24, 2.45) is 0 Å². The van der Waals surface area contributed by atoms with E-state index in [9.17, 15) is 8.42 Å². The second kappa shape index (κ2) is 5.51. The van der Waals surface area contributed by atoms with Gasteiger partial charge in [-0.05, 0) is 44.9 Å². The standard InChI is InChI=1S/C10H18O3S/c11-14(12,13)9-5-4-8-10-6-2-1-3-7-10/h6H,1-5,7-9H2,(H,11,12,13). The molecule has 0 amide bonds. The molecule has 1 N–H and O–H groups in total. The summed E-state index contributed by atoms with van der Waals surface area (Å²) in [5, 5.41) is 0. The van der Waals surface area contributed by atoms with Crippen molar-refractivity contribution in [3.63, 3.8) is 0 Å². The average Bonchev–Trinajstić information content (AvgIpc) is 2.13. The van der Waals surface area contributed by atoms with Gasteiger partial charge in [-0.1, -0.05) is 11.6 Å². The number of hydrogen-bond acceptors (Lipinski definition) is 2. The van der Waals surface area contributed by atoms with E-state index in [0.29, 0.717) is 6.42 Å². The number of unbranched alkanes of at least 4 members (excludes halogenated alkanes) is 1. The molecule has 0 fully saturated rings. The van der Waals surface area contributed by atoms with Gasteiger partial charge in [0, 0.05) is 0 Å². The third-order valence-corrected chi connectivity index (χ3v) is 3.34. The monoisotopic (exact) mass is 218 g/mol. The van der Waals surface area contributed by atoms with Gasteiger partial charge in [0.15, 0.2) is 0 Å². The first-order valence-electron chi connectivity index (χ1n) is 5.21. The third kappa shape index (κ3) is 5.40. The Morgan fingerprint density at radius 1 is 1.29 bits per heavy atom. The zero-order chi connectivity index (χ0) is 10.4. The first-order chi connectivity index (χ1) is 6.58. The van der Waals surface area contributed by atoms with Crippen LogP contribution in [0, 0.1) is 0 Å². The van der Waals surface area contributed by atoms with Crippen LogP contribution in [-0.4, -0.2) is 18.7 Å². The lowest BCUT2D eigenvalue weighted by Crippen LogP contribution is -2.03. The summed E-state index contributed by atoms with van der Waals surface area (Å²) in [5.74, 6) is -0.0969. The maximum Gasteiger partial charge on any atom is 0.264 e. The van der Waals surface area contributed by atoms with Gasteiger partial charge in [-0.3, -0.25) is 4.55 Å². The summed E-state index contributed by atoms with van der Waals surface area (Å²) in [7, 11) is -3.75. The van der Waals surface area contributed by atoms with Crippen LogP contribution in [-0.2, 0) is 10.1 Å². The van der Waals surface area contributed by atoms with Crippen molar-refractivity contribution in [2.45, 2.75) is 44.9 Å². The fourth-order valence-electron chi connectivity index (χ4n) is 1.77. The van der Waals surface area contributed by atoms with Crippen molar-refractivity contribution in [1.82, 2.24) is 0 Å². The molecule has 4 heteroatoms. The highest BCUT2D eigenvalue weighted by Gasteiger charge is 2.06. The van der Waals surface area contributed by atoms with Gasteiger partial charge in [0.25, 0.3) is 10.1 Å². The fraction of sp³-hybridized carbons (Fsp3) is 0.800. The predicted molar refractivity (Wildman–Crippen MR) is 56.8 cm³/mol. The van der Waals surface area contributed by atoms with E-state index >= 15 is 0 Å². The predicted octanol–water partition coefficient (Wildman–Crippen LogP) is 2.54. The second-order valence-corrected chi connectivity index (χ2v) is 5.42. The normalized spacial score (nSPS) is 17.9. The van der Waals surface area contributed by atoms with Gasteiger partial charge in [0.05, 0.1) is 5.75 Å². The Labute approximate surface area is 86.0 Å². The average molecular weight is 218 g/mol. The Balaban J connectivity index is 2.12. The summed E-state index contributed by atoms with van der Waals surface area (Å²) in [5.41, 5.74) is 1.46. The highest BCUT2D eigenvalue weighted by Crippen LogP contribution is 2.21. The minimum Gasteiger partial charge on any atom is -0.286 e. The van der Waals surface area contributed by atoms with Crippen LogP contribution < -0.4 is 0 Å². The number of allylic oxidation sites excluding steroid dienone is 2. The van der Waals surface area contributed by atoms with Crippen LogP contribution in [0.1, 0.15) is 44.9 Å². The Bertz CT molecular complexity index is 290. The van der Waals surface area contributed by atoms with Crippen LogP contribution in [0.3, 0.4) is 0 Å². The van der Waals surface area contributed by atoms with Crippen molar-refractivity contribution < 1.29 is 13.0 Å². The molecule has 0 radical (unpaired) electrons. The molecule has 82 valence electrons. The minimum atomic E-state index is -3.75. The lowest BCUT2D eigenvalue weighted by molar-refractivity contribution is 0.480. The summed E-state index contributed by atoms with van der Waals surface area (Å²) >= 11 is 0. The molecule has 1 aliphatic rings. The lowest BCUT2D eigenvalue weighted by atomic mass is 9.96. The van der Waals surface area contributed by atoms with Gasteiger partial charge in [0.2, 0.25) is 0 Å². The van der Waals surface area contributed by atoms with Crippen molar-refractivity contribution in [1.29, 1.82) is 0 Å². The Morgan fingerprint density at radius 3 is 2.64 bits per heavy atom. The second-order valence-electron chi connectivity index (χ2n) is 3.85. The zero-order valence-corrected chi connectivity index (χ0v) is 9.22. The van der Waals surface area contributed by atoms with Gasteiger partial charge in [-0.2, -0.15) is 8.42 Å². The van der Waals surface area contributed by atoms with Gasteiger partial charge in [0.1, 0.15) is 0 Å². The van der Waals surface area contributed by atoms with Crippen LogP contribution in [0.15, 0.2) is 11.6 Å². The highest BCUT2D eigenvalue weighted by molar-refractivity contribution is 7.85. The molecule has 0 bridgehead atoms. The Kier molecular flexibility index (Phi) is 4.62. The molecule has 0 atom stereocenters. The van der Waals surface area contributed by atoms with E-state index in [0.717, 1.165) is 12.8 Å². The van der Waals surface area contributed by atoms with Crippen molar-refractivity contribution in [3.8, 4) is 0 Å². The van der Waals surface area contributed by atoms with E-state index in [1.54, 1.807) is 0 Å². The molecule has 0 heterocycles. The van der Waals surface area contributed by atoms with Crippen LogP contribution in [0.4, 0.5) is 0 Å². The van der Waals surface area contributed by atoms with E-state index < -0.39 is 10.1 Å². The summed E-state index contributed by atoms with van der Waals surface area (Å²) < 4.78 is 29.4. The Morgan fingerprint density at radius 2 is 2.07 bits per heavy atom. The minimum absolute atomic E-state index is 0.0969. The largest absolute Gasteiger partial charge is 0.286 e. The smallest absolute Gasteiger partial charge is 0.264 e. The molecule has 0 aliphatic heterocycles. The summed E-state index contributed by atoms with van der Waals surface area (Å²) in [6, 6.07) is 0. The van der Waals surface area contributed by atoms with E-state index in [4.69, 9.17) is 4.55 Å². The maximum atomic E-state index is 10.4. The molecular formula is C10H18O3S. The van der Waals surface area contributed by atoms with Crippen LogP contribution in [0.5, 0.6) is 0 Å². The molecule has 0 unspecified atom stereocenters. The first-order valence-corrected chi connectivity index (χ1v) is 6.82. The Hall–Kier alpha value is -0.350. The van der Waals surface area contributed by atoms with E-state index in [1.807, 2.05) is 0 Å². The SMILES string of the molecule is O=S(=O)(O)CCCCC1=CCCCC1. The summed E-state index contributed by atoms with van der Waals surface area (Å²) in [6.07, 6.45) is 9.60. The molecule has 0 spiro atoms. The molecule has 1 rings (SSSR count). The molecule has 1 aliphatic carbocycles. The van der Waals surface area contributed by atoms with Gasteiger partial charge in [-0.25, -0.2) is 0 Å². The maximum absolute atomic E-state index is 10.4. The van der Waals surface area contributed by atoms with Crippen LogP contribution in [0.25, 0.3) is 0 Å². The molecule has 3 nitrogen and oxygen atoms in total. The lowest BCUT2D eigenvalue weighted by Gasteiger charge is -2.11. The topological polar surface area (TPSA) is 54.4 Å². The van der Waals surface area contributed by atoms with Gasteiger partial charge in [-0.15, -0.1) is 0 Å². The molecule has 0 saturated carbocycles. The van der Waals surface area contributed by atoms with Crippen LogP contribution in [0.2, 0.25) is 0 Å². The zero-order valence-electron chi connectivity index (χ0n) is 8.41. The molecular weight excluding hydrogens is 200 g/mol. The number of rotatable bonds is 5. The van der Waals surface area contributed by atoms with E-state index in [1.165, 1.54) is 31.3 Å². The molecule has 0 saturated heterocycles. The molecule has 0 aromatic carbocycles. The molecule has 0 aromatic heterocycles. The first kappa shape index (κ1) is 11.7. The van der Waals surface area contributed by atoms with Crippen molar-refractivity contribution >= 4 is 10.1 Å². The van der Waals surface area contributed by atoms with E-state index in [-0.39, 0.29) is 5.75 Å². The van der Waals surface area contributed by atoms with Crippen molar-refractivity contribution in [3.05, 3.63) is 11.6 Å². The quantitative estimate of drug-likeness (QED) is 0.438. The van der Waals surface area contributed by atoms with E-state index in [2.05, 4.69) is 6.08 Å².